The Labute approximate surface area is 98.6 Å². The third kappa shape index (κ3) is 6.11. The van der Waals surface area contributed by atoms with E-state index in [9.17, 15) is 4.79 Å². The predicted molar refractivity (Wildman–Crippen MR) is 65.5 cm³/mol. The molecule has 94 valence electrons. The Morgan fingerprint density at radius 1 is 1.38 bits per heavy atom. The van der Waals surface area contributed by atoms with E-state index >= 15 is 0 Å². The first-order valence-electron chi connectivity index (χ1n) is 6.61. The smallest absolute Gasteiger partial charge is 0.303 e. The van der Waals surface area contributed by atoms with Gasteiger partial charge in [-0.3, -0.25) is 4.79 Å². The van der Waals surface area contributed by atoms with E-state index in [2.05, 4.69) is 12.2 Å². The van der Waals surface area contributed by atoms with Gasteiger partial charge in [0.1, 0.15) is 0 Å². The maximum Gasteiger partial charge on any atom is 0.303 e. The van der Waals surface area contributed by atoms with Gasteiger partial charge in [0.25, 0.3) is 0 Å². The highest BCUT2D eigenvalue weighted by atomic mass is 16.4. The molecule has 0 aromatic rings. The summed E-state index contributed by atoms with van der Waals surface area (Å²) in [6, 6.07) is 0. The minimum atomic E-state index is -0.680. The molecule has 1 aliphatic rings. The van der Waals surface area contributed by atoms with Gasteiger partial charge in [-0.2, -0.15) is 0 Å². The number of carbonyl (C=O) groups is 1. The summed E-state index contributed by atoms with van der Waals surface area (Å²) < 4.78 is 0. The molecule has 1 rings (SSSR count). The van der Waals surface area contributed by atoms with E-state index < -0.39 is 5.97 Å². The molecule has 2 N–H and O–H groups in total. The topological polar surface area (TPSA) is 49.3 Å². The van der Waals surface area contributed by atoms with Gasteiger partial charge in [0.15, 0.2) is 0 Å². The number of carboxylic acid groups (broad SMARTS) is 1. The van der Waals surface area contributed by atoms with Crippen LogP contribution >= 0.6 is 0 Å². The molecular weight excluding hydrogens is 202 g/mol. The molecule has 0 radical (unpaired) electrons. The molecule has 2 unspecified atom stereocenters. The molecule has 0 heterocycles. The lowest BCUT2D eigenvalue weighted by Gasteiger charge is -2.26. The predicted octanol–water partition coefficient (Wildman–Crippen LogP) is 2.66. The van der Waals surface area contributed by atoms with Crippen LogP contribution in [0.3, 0.4) is 0 Å². The van der Waals surface area contributed by atoms with Crippen molar-refractivity contribution in [3.8, 4) is 0 Å². The summed E-state index contributed by atoms with van der Waals surface area (Å²) in [6.45, 7) is 4.44. The number of hydrogen-bond acceptors (Lipinski definition) is 2. The van der Waals surface area contributed by atoms with E-state index in [0.29, 0.717) is 6.42 Å². The van der Waals surface area contributed by atoms with Crippen molar-refractivity contribution in [2.45, 2.75) is 51.9 Å². The zero-order valence-corrected chi connectivity index (χ0v) is 10.4. The van der Waals surface area contributed by atoms with Gasteiger partial charge in [-0.15, -0.1) is 0 Å². The van der Waals surface area contributed by atoms with Gasteiger partial charge in [-0.1, -0.05) is 19.8 Å². The number of rotatable bonds is 7. The lowest BCUT2D eigenvalue weighted by Crippen LogP contribution is -2.27. The van der Waals surface area contributed by atoms with Gasteiger partial charge in [-0.25, -0.2) is 0 Å². The first-order chi connectivity index (χ1) is 7.68. The molecule has 0 saturated heterocycles. The summed E-state index contributed by atoms with van der Waals surface area (Å²) >= 11 is 0. The molecule has 0 aromatic carbocycles. The molecule has 0 spiro atoms. The summed E-state index contributed by atoms with van der Waals surface area (Å²) in [5, 5.41) is 11.9. The van der Waals surface area contributed by atoms with Crippen molar-refractivity contribution in [1.82, 2.24) is 5.32 Å². The van der Waals surface area contributed by atoms with Crippen LogP contribution in [0.1, 0.15) is 51.9 Å². The van der Waals surface area contributed by atoms with Crippen LogP contribution in [0.5, 0.6) is 0 Å². The van der Waals surface area contributed by atoms with Crippen molar-refractivity contribution in [2.75, 3.05) is 13.1 Å². The fourth-order valence-electron chi connectivity index (χ4n) is 2.58. The van der Waals surface area contributed by atoms with Crippen molar-refractivity contribution in [1.29, 1.82) is 0 Å². The zero-order valence-electron chi connectivity index (χ0n) is 10.4. The Morgan fingerprint density at radius 3 is 2.88 bits per heavy atom. The van der Waals surface area contributed by atoms with E-state index in [1.165, 1.54) is 25.7 Å². The summed E-state index contributed by atoms with van der Waals surface area (Å²) in [5.41, 5.74) is 0. The molecule has 1 fully saturated rings. The third-order valence-corrected chi connectivity index (χ3v) is 3.47. The highest BCUT2D eigenvalue weighted by Gasteiger charge is 2.17. The lowest BCUT2D eigenvalue weighted by atomic mass is 9.82. The molecule has 0 aromatic heterocycles. The number of nitrogens with one attached hydrogen (secondary N) is 1. The highest BCUT2D eigenvalue weighted by molar-refractivity contribution is 5.66. The maximum absolute atomic E-state index is 10.3. The second kappa shape index (κ2) is 7.66. The average Bonchev–Trinajstić information content (AvgIpc) is 2.23. The van der Waals surface area contributed by atoms with Crippen LogP contribution in [-0.4, -0.2) is 24.2 Å². The maximum atomic E-state index is 10.3. The van der Waals surface area contributed by atoms with Gasteiger partial charge < -0.3 is 10.4 Å². The van der Waals surface area contributed by atoms with Crippen LogP contribution in [0, 0.1) is 11.8 Å². The van der Waals surface area contributed by atoms with Gasteiger partial charge in [0, 0.05) is 6.42 Å². The molecule has 0 aliphatic heterocycles. The van der Waals surface area contributed by atoms with E-state index in [-0.39, 0.29) is 0 Å². The highest BCUT2D eigenvalue weighted by Crippen LogP contribution is 2.27. The van der Waals surface area contributed by atoms with E-state index in [1.54, 1.807) is 0 Å². The fourth-order valence-corrected chi connectivity index (χ4v) is 2.58. The number of hydrogen-bond donors (Lipinski definition) is 2. The first kappa shape index (κ1) is 13.5. The van der Waals surface area contributed by atoms with E-state index in [0.717, 1.165) is 37.8 Å². The minimum absolute atomic E-state index is 0.308. The van der Waals surface area contributed by atoms with Crippen LogP contribution in [0.2, 0.25) is 0 Å². The van der Waals surface area contributed by atoms with Crippen molar-refractivity contribution in [3.05, 3.63) is 0 Å². The standard InChI is InChI=1S/C13H25NO2/c1-11-5-4-6-12(9-11)10-14-8-3-2-7-13(15)16/h11-12,14H,2-10H2,1H3,(H,15,16). The van der Waals surface area contributed by atoms with Crippen LogP contribution in [-0.2, 0) is 4.79 Å². The number of carboxylic acids is 1. The van der Waals surface area contributed by atoms with Crippen molar-refractivity contribution >= 4 is 5.97 Å². The molecule has 0 amide bonds. The van der Waals surface area contributed by atoms with Crippen molar-refractivity contribution in [2.24, 2.45) is 11.8 Å². The monoisotopic (exact) mass is 227 g/mol. The Kier molecular flexibility index (Phi) is 6.46. The summed E-state index contributed by atoms with van der Waals surface area (Å²) in [4.78, 5) is 10.3. The summed E-state index contributed by atoms with van der Waals surface area (Å²) in [7, 11) is 0. The molecular formula is C13H25NO2. The average molecular weight is 227 g/mol. The number of unbranched alkanes of at least 4 members (excludes halogenated alkanes) is 1. The van der Waals surface area contributed by atoms with Crippen LogP contribution in [0.4, 0.5) is 0 Å². The van der Waals surface area contributed by atoms with Crippen LogP contribution in [0.25, 0.3) is 0 Å². The van der Waals surface area contributed by atoms with E-state index in [1.807, 2.05) is 0 Å². The Balaban J connectivity index is 1.92. The van der Waals surface area contributed by atoms with Gasteiger partial charge >= 0.3 is 5.97 Å². The Bertz CT molecular complexity index is 206. The summed E-state index contributed by atoms with van der Waals surface area (Å²) in [5.74, 6) is 1.07. The molecule has 2 atom stereocenters. The molecule has 3 nitrogen and oxygen atoms in total. The minimum Gasteiger partial charge on any atom is -0.481 e. The van der Waals surface area contributed by atoms with Gasteiger partial charge in [0.05, 0.1) is 0 Å². The molecule has 3 heteroatoms. The second-order valence-corrected chi connectivity index (χ2v) is 5.19. The second-order valence-electron chi connectivity index (χ2n) is 5.19. The third-order valence-electron chi connectivity index (χ3n) is 3.47. The Hall–Kier alpha value is -0.570. The van der Waals surface area contributed by atoms with Crippen LogP contribution in [0.15, 0.2) is 0 Å². The molecule has 0 bridgehead atoms. The molecule has 1 aliphatic carbocycles. The lowest BCUT2D eigenvalue weighted by molar-refractivity contribution is -0.137. The normalized spacial score (nSPS) is 25.6. The quantitative estimate of drug-likeness (QED) is 0.657. The number of aliphatic carboxylic acids is 1. The van der Waals surface area contributed by atoms with E-state index in [4.69, 9.17) is 5.11 Å². The van der Waals surface area contributed by atoms with Crippen LogP contribution < -0.4 is 5.32 Å². The first-order valence-corrected chi connectivity index (χ1v) is 6.61. The SMILES string of the molecule is CC1CCCC(CNCCCCC(=O)O)C1. The van der Waals surface area contributed by atoms with Crippen molar-refractivity contribution < 1.29 is 9.90 Å². The van der Waals surface area contributed by atoms with Crippen molar-refractivity contribution in [3.63, 3.8) is 0 Å². The summed E-state index contributed by atoms with van der Waals surface area (Å²) in [6.07, 6.45) is 7.59. The van der Waals surface area contributed by atoms with Gasteiger partial charge in [-0.05, 0) is 50.6 Å². The molecule has 16 heavy (non-hydrogen) atoms. The Morgan fingerprint density at radius 2 is 2.19 bits per heavy atom. The zero-order chi connectivity index (χ0) is 11.8. The van der Waals surface area contributed by atoms with Gasteiger partial charge in [0.2, 0.25) is 0 Å². The largest absolute Gasteiger partial charge is 0.481 e. The fraction of sp³-hybridized carbons (Fsp3) is 0.923. The molecule has 1 saturated carbocycles.